The second-order valence-corrected chi connectivity index (χ2v) is 14.6. The molecule has 0 aromatic heterocycles. The Morgan fingerprint density at radius 3 is 1.59 bits per heavy atom. The summed E-state index contributed by atoms with van der Waals surface area (Å²) in [7, 11) is 4.33. The highest BCUT2D eigenvalue weighted by atomic mass is 32.2. The number of hydrogen-bond donors (Lipinski definition) is 0. The van der Waals surface area contributed by atoms with Crippen molar-refractivity contribution in [3.8, 4) is 11.1 Å². The van der Waals surface area contributed by atoms with Crippen LogP contribution in [-0.4, -0.2) is 32.3 Å². The molecule has 0 radical (unpaired) electrons. The first-order valence-corrected chi connectivity index (χ1v) is 17.0. The summed E-state index contributed by atoms with van der Waals surface area (Å²) in [5, 5.41) is 0. The molecule has 0 N–H and O–H groups in total. The van der Waals surface area contributed by atoms with Crippen molar-refractivity contribution >= 4 is 52.3 Å². The maximum Gasteiger partial charge on any atom is 0.243 e. The third kappa shape index (κ3) is 6.76. The van der Waals surface area contributed by atoms with Gasteiger partial charge < -0.3 is 4.90 Å². The smallest absolute Gasteiger partial charge is 0.243 e. The lowest BCUT2D eigenvalue weighted by Gasteiger charge is -2.28. The number of anilines is 1. The minimum absolute atomic E-state index is 0.136. The Balaban J connectivity index is 2.07. The van der Waals surface area contributed by atoms with Gasteiger partial charge in [-0.05, 0) is 76.3 Å². The molecule has 0 amide bonds. The molecule has 0 fully saturated rings. The van der Waals surface area contributed by atoms with E-state index in [0.29, 0.717) is 4.58 Å². The Hall–Kier alpha value is -2.56. The zero-order chi connectivity index (χ0) is 29.8. The molecule has 41 heavy (non-hydrogen) atoms. The molecule has 4 aromatic rings. The van der Waals surface area contributed by atoms with Crippen LogP contribution in [0.2, 0.25) is 0 Å². The molecule has 0 bridgehead atoms. The average Bonchev–Trinajstić information content (AvgIpc) is 2.90. The van der Waals surface area contributed by atoms with Gasteiger partial charge in [0.2, 0.25) is 6.71 Å². The van der Waals surface area contributed by atoms with Crippen molar-refractivity contribution in [2.75, 3.05) is 30.5 Å². The van der Waals surface area contributed by atoms with Crippen molar-refractivity contribution in [3.05, 3.63) is 106 Å². The van der Waals surface area contributed by atoms with Crippen LogP contribution in [0.4, 0.5) is 5.69 Å². The third-order valence-corrected chi connectivity index (χ3v) is 10.7. The summed E-state index contributed by atoms with van der Waals surface area (Å²) in [6, 6.07) is 25.8. The second kappa shape index (κ2) is 13.6. The first kappa shape index (κ1) is 31.4. The van der Waals surface area contributed by atoms with Crippen molar-refractivity contribution < 1.29 is 0 Å². The van der Waals surface area contributed by atoms with E-state index in [-0.39, 0.29) is 6.71 Å². The fraction of sp³-hybridized carbons (Fsp3) is 0.351. The third-order valence-electron chi connectivity index (χ3n) is 8.03. The van der Waals surface area contributed by atoms with Crippen LogP contribution in [0.5, 0.6) is 0 Å². The molecule has 0 aliphatic rings. The highest BCUT2D eigenvalue weighted by Gasteiger charge is 2.31. The Labute approximate surface area is 258 Å². The molecule has 214 valence electrons. The number of benzene rings is 4. The van der Waals surface area contributed by atoms with Crippen LogP contribution in [0.15, 0.2) is 66.7 Å². The molecule has 0 unspecified atom stereocenters. The Morgan fingerprint density at radius 1 is 0.634 bits per heavy atom. The van der Waals surface area contributed by atoms with Gasteiger partial charge in [0.05, 0.1) is 4.58 Å². The van der Waals surface area contributed by atoms with E-state index < -0.39 is 0 Å². The molecule has 0 aliphatic carbocycles. The van der Waals surface area contributed by atoms with Gasteiger partial charge in [0.1, 0.15) is 0 Å². The van der Waals surface area contributed by atoms with Gasteiger partial charge in [-0.1, -0.05) is 118 Å². The lowest BCUT2D eigenvalue weighted by molar-refractivity contribution is 1.13. The van der Waals surface area contributed by atoms with Crippen molar-refractivity contribution in [3.63, 3.8) is 0 Å². The maximum absolute atomic E-state index is 2.48. The first-order chi connectivity index (χ1) is 19.6. The summed E-state index contributed by atoms with van der Waals surface area (Å²) in [5.41, 5.74) is 17.6. The molecule has 1 nitrogen and oxygen atoms in total. The lowest BCUT2D eigenvalue weighted by atomic mass is 9.33. The van der Waals surface area contributed by atoms with Crippen LogP contribution < -0.4 is 21.3 Å². The van der Waals surface area contributed by atoms with Crippen LogP contribution in [0.25, 0.3) is 11.1 Å². The molecule has 4 rings (SSSR count). The fourth-order valence-electron chi connectivity index (χ4n) is 6.59. The monoisotopic (exact) mass is 579 g/mol. The molecular formula is C37H46BNS2. The van der Waals surface area contributed by atoms with Crippen molar-refractivity contribution in [1.29, 1.82) is 0 Å². The van der Waals surface area contributed by atoms with Gasteiger partial charge in [-0.15, -0.1) is 23.5 Å². The predicted octanol–water partition coefficient (Wildman–Crippen LogP) is 8.29. The van der Waals surface area contributed by atoms with Crippen molar-refractivity contribution in [2.24, 2.45) is 0 Å². The van der Waals surface area contributed by atoms with E-state index in [1.165, 1.54) is 72.1 Å². The summed E-state index contributed by atoms with van der Waals surface area (Å²) >= 11 is 4.07. The van der Waals surface area contributed by atoms with Gasteiger partial charge in [0.15, 0.2) is 0 Å². The van der Waals surface area contributed by atoms with E-state index in [2.05, 4.69) is 141 Å². The molecule has 0 saturated carbocycles. The van der Waals surface area contributed by atoms with E-state index in [4.69, 9.17) is 0 Å². The summed E-state index contributed by atoms with van der Waals surface area (Å²) in [6.07, 6.45) is 0. The standard InChI is InChI=1S/C37H46BNS2/c1-11-40-37(41-12-2)30-17-18-34(39(9)10)32(23-30)31-15-13-14-16-33(31)38(35-26(5)19-24(3)20-27(35)6)36-28(7)21-25(4)22-29(36)8/h13-23,37H,11-12H2,1-10H3. The normalized spacial score (nSPS) is 11.3. The number of aryl methyl sites for hydroxylation is 6. The summed E-state index contributed by atoms with van der Waals surface area (Å²) < 4.78 is 0.436. The molecule has 4 heteroatoms. The van der Waals surface area contributed by atoms with Crippen molar-refractivity contribution in [1.82, 2.24) is 0 Å². The van der Waals surface area contributed by atoms with E-state index in [1.54, 1.807) is 0 Å². The minimum Gasteiger partial charge on any atom is -0.377 e. The molecule has 0 saturated heterocycles. The highest BCUT2D eigenvalue weighted by molar-refractivity contribution is 8.16. The molecule has 4 aromatic carbocycles. The zero-order valence-corrected chi connectivity index (χ0v) is 28.3. The zero-order valence-electron chi connectivity index (χ0n) is 26.7. The highest BCUT2D eigenvalue weighted by Crippen LogP contribution is 2.42. The second-order valence-electron chi connectivity index (χ2n) is 11.6. The van der Waals surface area contributed by atoms with Gasteiger partial charge >= 0.3 is 0 Å². The molecule has 0 heterocycles. The number of thioether (sulfide) groups is 2. The lowest BCUT2D eigenvalue weighted by Crippen LogP contribution is -2.56. The molecule has 0 spiro atoms. The fourth-order valence-corrected chi connectivity index (χ4v) is 9.08. The van der Waals surface area contributed by atoms with E-state index in [1.807, 2.05) is 23.5 Å². The number of nitrogens with zero attached hydrogens (tertiary/aromatic N) is 1. The van der Waals surface area contributed by atoms with Crippen LogP contribution in [0, 0.1) is 41.5 Å². The number of rotatable bonds is 10. The molecule has 0 aliphatic heterocycles. The Morgan fingerprint density at radius 2 is 1.12 bits per heavy atom. The van der Waals surface area contributed by atoms with E-state index in [9.17, 15) is 0 Å². The Kier molecular flexibility index (Phi) is 10.4. The average molecular weight is 580 g/mol. The summed E-state index contributed by atoms with van der Waals surface area (Å²) in [5.74, 6) is 2.22. The summed E-state index contributed by atoms with van der Waals surface area (Å²) in [4.78, 5) is 2.27. The first-order valence-electron chi connectivity index (χ1n) is 14.9. The summed E-state index contributed by atoms with van der Waals surface area (Å²) in [6.45, 7) is 18.3. The van der Waals surface area contributed by atoms with Gasteiger partial charge in [0, 0.05) is 25.3 Å². The van der Waals surface area contributed by atoms with Gasteiger partial charge in [-0.25, -0.2) is 0 Å². The largest absolute Gasteiger partial charge is 0.377 e. The van der Waals surface area contributed by atoms with Crippen LogP contribution in [-0.2, 0) is 0 Å². The minimum atomic E-state index is 0.136. The molecular weight excluding hydrogens is 533 g/mol. The maximum atomic E-state index is 2.48. The van der Waals surface area contributed by atoms with Crippen LogP contribution in [0.1, 0.15) is 57.4 Å². The topological polar surface area (TPSA) is 3.24 Å². The van der Waals surface area contributed by atoms with E-state index in [0.717, 1.165) is 11.5 Å². The Bertz CT molecular complexity index is 1410. The predicted molar refractivity (Wildman–Crippen MR) is 191 cm³/mol. The van der Waals surface area contributed by atoms with Crippen LogP contribution in [0.3, 0.4) is 0 Å². The van der Waals surface area contributed by atoms with Gasteiger partial charge in [0.25, 0.3) is 0 Å². The van der Waals surface area contributed by atoms with Gasteiger partial charge in [-0.2, -0.15) is 0 Å². The van der Waals surface area contributed by atoms with Crippen LogP contribution >= 0.6 is 23.5 Å². The van der Waals surface area contributed by atoms with E-state index >= 15 is 0 Å². The van der Waals surface area contributed by atoms with Gasteiger partial charge in [-0.3, -0.25) is 0 Å². The quantitative estimate of drug-likeness (QED) is 0.137. The molecule has 0 atom stereocenters. The number of hydrogen-bond acceptors (Lipinski definition) is 3. The van der Waals surface area contributed by atoms with Crippen molar-refractivity contribution in [2.45, 2.75) is 60.0 Å². The SMILES string of the molecule is CCSC(SCC)c1ccc(N(C)C)c(-c2ccccc2B(c2c(C)cc(C)cc2C)c2c(C)cc(C)cc2C)c1.